The Labute approximate surface area is 161 Å². The second-order valence-electron chi connectivity index (χ2n) is 4.66. The zero-order valence-corrected chi connectivity index (χ0v) is 16.3. The maximum Gasteiger partial charge on any atom is 0.485 e. The highest BCUT2D eigenvalue weighted by Gasteiger charge is 2.37. The van der Waals surface area contributed by atoms with Gasteiger partial charge in [-0.3, -0.25) is 0 Å². The van der Waals surface area contributed by atoms with E-state index in [1.165, 1.54) is 12.1 Å². The quantitative estimate of drug-likeness (QED) is 0.257. The first-order valence-electron chi connectivity index (χ1n) is 6.72. The number of benzene rings is 2. The molecule has 0 bridgehead atoms. The molecule has 0 radical (unpaired) electrons. The Kier molecular flexibility index (Phi) is 7.92. The SMILES string of the molecule is COc1ccc([I+]c2cccc(C(F)(F)F)c2)cc1.O=S(=O)([O-])C(F)(F)F. The number of hydrogen-bond donors (Lipinski definition) is 0. The van der Waals surface area contributed by atoms with E-state index in [0.29, 0.717) is 0 Å². The van der Waals surface area contributed by atoms with Gasteiger partial charge in [-0.25, -0.2) is 8.42 Å². The molecule has 0 aliphatic heterocycles. The zero-order chi connectivity index (χ0) is 20.9. The van der Waals surface area contributed by atoms with Gasteiger partial charge in [-0.15, -0.1) is 0 Å². The van der Waals surface area contributed by atoms with Crippen LogP contribution in [0.2, 0.25) is 0 Å². The number of methoxy groups -OCH3 is 1. The van der Waals surface area contributed by atoms with Crippen LogP contribution in [0.1, 0.15) is 5.56 Å². The predicted octanol–water partition coefficient (Wildman–Crippen LogP) is 0.894. The molecule has 2 aromatic carbocycles. The number of alkyl halides is 6. The van der Waals surface area contributed by atoms with Crippen molar-refractivity contribution >= 4 is 10.1 Å². The average molecular weight is 528 g/mol. The smallest absolute Gasteiger partial charge is 0.485 e. The van der Waals surface area contributed by atoms with Crippen molar-refractivity contribution in [3.8, 4) is 5.75 Å². The minimum absolute atomic E-state index is 0.585. The highest BCUT2D eigenvalue weighted by molar-refractivity contribution is 7.86. The van der Waals surface area contributed by atoms with Gasteiger partial charge in [0.25, 0.3) is 0 Å². The van der Waals surface area contributed by atoms with Crippen LogP contribution in [0.15, 0.2) is 48.5 Å². The summed E-state index contributed by atoms with van der Waals surface area (Å²) in [6, 6.07) is 13.0. The molecule has 0 fully saturated rings. The molecule has 0 saturated heterocycles. The zero-order valence-electron chi connectivity index (χ0n) is 13.3. The number of ether oxygens (including phenoxy) is 1. The molecule has 0 N–H and O–H groups in total. The van der Waals surface area contributed by atoms with E-state index in [2.05, 4.69) is 0 Å². The summed E-state index contributed by atoms with van der Waals surface area (Å²) in [6.07, 6.45) is -4.28. The van der Waals surface area contributed by atoms with Crippen LogP contribution in [0.4, 0.5) is 26.3 Å². The Morgan fingerprint density at radius 1 is 0.926 bits per heavy atom. The molecule has 12 heteroatoms. The summed E-state index contributed by atoms with van der Waals surface area (Å²) >= 11 is -0.610. The summed E-state index contributed by atoms with van der Waals surface area (Å²) in [5, 5.41) is 0. The van der Waals surface area contributed by atoms with E-state index in [9.17, 15) is 26.3 Å². The Balaban J connectivity index is 0.000000387. The minimum Gasteiger partial charge on any atom is -0.741 e. The van der Waals surface area contributed by atoms with Crippen LogP contribution in [0.3, 0.4) is 0 Å². The fourth-order valence-corrected chi connectivity index (χ4v) is 3.80. The monoisotopic (exact) mass is 528 g/mol. The van der Waals surface area contributed by atoms with E-state index >= 15 is 0 Å². The maximum atomic E-state index is 12.6. The number of rotatable bonds is 3. The number of halogens is 7. The number of hydrogen-bond acceptors (Lipinski definition) is 4. The van der Waals surface area contributed by atoms with Crippen molar-refractivity contribution in [3.63, 3.8) is 0 Å². The molecule has 0 aromatic heterocycles. The van der Waals surface area contributed by atoms with Crippen molar-refractivity contribution in [1.82, 2.24) is 0 Å². The molecule has 0 aliphatic rings. The van der Waals surface area contributed by atoms with Gasteiger partial charge in [0.2, 0.25) is 0 Å². The van der Waals surface area contributed by atoms with Crippen molar-refractivity contribution < 1.29 is 65.3 Å². The van der Waals surface area contributed by atoms with E-state index in [1.807, 2.05) is 24.3 Å². The van der Waals surface area contributed by atoms with Gasteiger partial charge in [-0.1, -0.05) is 6.07 Å². The standard InChI is InChI=1S/C14H11F3IO.CHF3O3S/c1-19-13-7-5-11(6-8-13)18-12-4-2-3-10(9-12)14(15,16)17;2-1(3,4)8(5,6)7/h2-9H,1H3;(H,5,6,7)/q+1;/p-1. The van der Waals surface area contributed by atoms with Crippen LogP contribution >= 0.6 is 0 Å². The largest absolute Gasteiger partial charge is 0.741 e. The van der Waals surface area contributed by atoms with Crippen LogP contribution in [0.25, 0.3) is 0 Å². The minimum atomic E-state index is -6.09. The third-order valence-electron chi connectivity index (χ3n) is 2.70. The molecule has 0 spiro atoms. The molecule has 2 aromatic rings. The summed E-state index contributed by atoms with van der Waals surface area (Å²) < 4.78 is 104. The Hall–Kier alpha value is -1.54. The molecule has 2 rings (SSSR count). The Morgan fingerprint density at radius 2 is 1.44 bits per heavy atom. The van der Waals surface area contributed by atoms with Gasteiger partial charge < -0.3 is 9.29 Å². The highest BCUT2D eigenvalue weighted by Crippen LogP contribution is 2.28. The molecule has 150 valence electrons. The molecule has 0 aliphatic carbocycles. The third kappa shape index (κ3) is 7.92. The lowest BCUT2D eigenvalue weighted by Crippen LogP contribution is -3.61. The molecule has 4 nitrogen and oxygen atoms in total. The Morgan fingerprint density at radius 3 is 1.85 bits per heavy atom. The normalized spacial score (nSPS) is 12.1. The third-order valence-corrected chi connectivity index (χ3v) is 5.91. The van der Waals surface area contributed by atoms with E-state index < -0.39 is 48.6 Å². The maximum absolute atomic E-state index is 12.6. The van der Waals surface area contributed by atoms with Crippen molar-refractivity contribution in [3.05, 3.63) is 61.2 Å². The first-order chi connectivity index (χ1) is 12.2. The second kappa shape index (κ2) is 9.10. The van der Waals surface area contributed by atoms with Crippen molar-refractivity contribution in [2.75, 3.05) is 7.11 Å². The molecule has 0 amide bonds. The van der Waals surface area contributed by atoms with Gasteiger partial charge in [0.1, 0.15) is 5.75 Å². The first-order valence-corrected chi connectivity index (χ1v) is 10.3. The van der Waals surface area contributed by atoms with Gasteiger partial charge in [-0.05, 0) is 36.4 Å². The summed E-state index contributed by atoms with van der Waals surface area (Å²) in [7, 11) is -4.51. The lowest BCUT2D eigenvalue weighted by molar-refractivity contribution is -0.597. The summed E-state index contributed by atoms with van der Waals surface area (Å²) in [5.41, 5.74) is -6.23. The highest BCUT2D eigenvalue weighted by atomic mass is 127. The Bertz CT molecular complexity index is 848. The summed E-state index contributed by atoms with van der Waals surface area (Å²) in [4.78, 5) is 0. The summed E-state index contributed by atoms with van der Waals surface area (Å²) in [5.74, 6) is 0.747. The first kappa shape index (κ1) is 23.5. The van der Waals surface area contributed by atoms with E-state index in [0.717, 1.165) is 19.0 Å². The van der Waals surface area contributed by atoms with Crippen molar-refractivity contribution in [1.29, 1.82) is 0 Å². The van der Waals surface area contributed by atoms with Gasteiger partial charge in [0.15, 0.2) is 17.3 Å². The predicted molar refractivity (Wildman–Crippen MR) is 77.6 cm³/mol. The molecular formula is C15H11F6IO4S. The topological polar surface area (TPSA) is 66.4 Å². The van der Waals surface area contributed by atoms with Gasteiger partial charge in [0, 0.05) is 6.07 Å². The summed E-state index contributed by atoms with van der Waals surface area (Å²) in [6.45, 7) is 0. The molecule has 0 atom stereocenters. The van der Waals surface area contributed by atoms with Crippen molar-refractivity contribution in [2.45, 2.75) is 11.7 Å². The molecule has 0 saturated carbocycles. The van der Waals surface area contributed by atoms with Crippen LogP contribution < -0.4 is 25.9 Å². The molecular weight excluding hydrogens is 517 g/mol. The second-order valence-corrected chi connectivity index (χ2v) is 9.06. The average Bonchev–Trinajstić information content (AvgIpc) is 2.54. The fourth-order valence-electron chi connectivity index (χ4n) is 1.48. The molecule has 27 heavy (non-hydrogen) atoms. The van der Waals surface area contributed by atoms with Crippen LogP contribution in [0, 0.1) is 7.14 Å². The van der Waals surface area contributed by atoms with E-state index in [1.54, 1.807) is 13.2 Å². The van der Waals surface area contributed by atoms with Gasteiger partial charge in [-0.2, -0.15) is 26.3 Å². The lowest BCUT2D eigenvalue weighted by atomic mass is 10.2. The van der Waals surface area contributed by atoms with Gasteiger partial charge in [0.05, 0.1) is 12.7 Å². The van der Waals surface area contributed by atoms with Gasteiger partial charge >= 0.3 is 32.9 Å². The van der Waals surface area contributed by atoms with Crippen molar-refractivity contribution in [2.24, 2.45) is 0 Å². The van der Waals surface area contributed by atoms with Crippen LogP contribution in [-0.4, -0.2) is 25.6 Å². The molecule has 0 heterocycles. The van der Waals surface area contributed by atoms with Crippen LogP contribution in [0.5, 0.6) is 5.75 Å². The van der Waals surface area contributed by atoms with E-state index in [4.69, 9.17) is 17.7 Å². The molecule has 0 unspecified atom stereocenters. The fraction of sp³-hybridized carbons (Fsp3) is 0.200. The van der Waals surface area contributed by atoms with E-state index in [-0.39, 0.29) is 0 Å². The van der Waals surface area contributed by atoms with Crippen LogP contribution in [-0.2, 0) is 16.3 Å². The lowest BCUT2D eigenvalue weighted by Gasteiger charge is -2.08.